The van der Waals surface area contributed by atoms with Crippen molar-refractivity contribution >= 4 is 0 Å². The molecule has 0 aliphatic carbocycles. The van der Waals surface area contributed by atoms with E-state index in [4.69, 9.17) is 10.5 Å². The average Bonchev–Trinajstić information content (AvgIpc) is 2.39. The van der Waals surface area contributed by atoms with Gasteiger partial charge in [-0.3, -0.25) is 0 Å². The van der Waals surface area contributed by atoms with E-state index in [0.717, 1.165) is 31.7 Å². The molecule has 0 aliphatic heterocycles. The van der Waals surface area contributed by atoms with Gasteiger partial charge in [0.15, 0.2) is 0 Å². The Balaban J connectivity index is 2.65. The summed E-state index contributed by atoms with van der Waals surface area (Å²) in [6, 6.07) is 4.92. The summed E-state index contributed by atoms with van der Waals surface area (Å²) in [5, 5.41) is 0. The van der Waals surface area contributed by atoms with E-state index < -0.39 is 0 Å². The van der Waals surface area contributed by atoms with Crippen LogP contribution in [0.5, 0.6) is 5.75 Å². The van der Waals surface area contributed by atoms with Gasteiger partial charge in [0, 0.05) is 12.6 Å². The highest BCUT2D eigenvalue weighted by Crippen LogP contribution is 2.23. The van der Waals surface area contributed by atoms with E-state index in [2.05, 4.69) is 44.9 Å². The Morgan fingerprint density at radius 3 is 2.53 bits per heavy atom. The third-order valence-electron chi connectivity index (χ3n) is 3.92. The van der Waals surface area contributed by atoms with Gasteiger partial charge in [-0.25, -0.2) is 0 Å². The third-order valence-corrected chi connectivity index (χ3v) is 3.92. The second-order valence-corrected chi connectivity index (χ2v) is 5.41. The van der Waals surface area contributed by atoms with E-state index in [1.165, 1.54) is 16.7 Å². The Kier molecular flexibility index (Phi) is 6.32. The second kappa shape index (κ2) is 7.51. The molecule has 0 radical (unpaired) electrons. The van der Waals surface area contributed by atoms with Crippen LogP contribution in [0.25, 0.3) is 0 Å². The molecule has 0 heterocycles. The van der Waals surface area contributed by atoms with Gasteiger partial charge in [-0.05, 0) is 70.0 Å². The molecule has 1 aromatic carbocycles. The zero-order chi connectivity index (χ0) is 14.4. The van der Waals surface area contributed by atoms with Crippen LogP contribution in [-0.4, -0.2) is 38.2 Å². The SMILES string of the molecule is COc1cc(C)c(CCN(C)C(C)CCN)cc1C. The number of nitrogens with two attached hydrogens (primary N) is 1. The standard InChI is InChI=1S/C16H28N2O/c1-12-11-16(19-5)13(2)10-15(12)7-9-18(4)14(3)6-8-17/h10-11,14H,6-9,17H2,1-5H3. The molecule has 3 nitrogen and oxygen atoms in total. The smallest absolute Gasteiger partial charge is 0.122 e. The monoisotopic (exact) mass is 264 g/mol. The fourth-order valence-corrected chi connectivity index (χ4v) is 2.32. The summed E-state index contributed by atoms with van der Waals surface area (Å²) < 4.78 is 5.35. The van der Waals surface area contributed by atoms with Crippen LogP contribution in [0.15, 0.2) is 12.1 Å². The Bertz CT molecular complexity index is 404. The molecule has 0 fully saturated rings. The number of rotatable bonds is 7. The first kappa shape index (κ1) is 16.0. The summed E-state index contributed by atoms with van der Waals surface area (Å²) in [6.07, 6.45) is 2.12. The van der Waals surface area contributed by atoms with E-state index in [-0.39, 0.29) is 0 Å². The van der Waals surface area contributed by atoms with Crippen LogP contribution in [0.1, 0.15) is 30.0 Å². The maximum atomic E-state index is 5.61. The van der Waals surface area contributed by atoms with Crippen molar-refractivity contribution in [2.75, 3.05) is 27.2 Å². The first-order chi connectivity index (χ1) is 8.99. The van der Waals surface area contributed by atoms with E-state index in [1.54, 1.807) is 7.11 Å². The molecule has 0 spiro atoms. The van der Waals surface area contributed by atoms with Gasteiger partial charge in [-0.15, -0.1) is 0 Å². The maximum absolute atomic E-state index is 5.61. The second-order valence-electron chi connectivity index (χ2n) is 5.41. The van der Waals surface area contributed by atoms with Crippen molar-refractivity contribution < 1.29 is 4.74 Å². The lowest BCUT2D eigenvalue weighted by atomic mass is 10.0. The zero-order valence-electron chi connectivity index (χ0n) is 13.0. The molecule has 19 heavy (non-hydrogen) atoms. The summed E-state index contributed by atoms with van der Waals surface area (Å²) in [4.78, 5) is 2.38. The molecule has 108 valence electrons. The number of hydrogen-bond donors (Lipinski definition) is 1. The molecule has 0 bridgehead atoms. The molecule has 1 unspecified atom stereocenters. The molecule has 1 rings (SSSR count). The Hall–Kier alpha value is -1.06. The van der Waals surface area contributed by atoms with Gasteiger partial charge in [0.25, 0.3) is 0 Å². The first-order valence-electron chi connectivity index (χ1n) is 7.04. The minimum atomic E-state index is 0.546. The lowest BCUT2D eigenvalue weighted by molar-refractivity contribution is 0.251. The highest BCUT2D eigenvalue weighted by atomic mass is 16.5. The van der Waals surface area contributed by atoms with Gasteiger partial charge in [0.05, 0.1) is 7.11 Å². The fourth-order valence-electron chi connectivity index (χ4n) is 2.32. The van der Waals surface area contributed by atoms with Crippen LogP contribution in [-0.2, 0) is 6.42 Å². The molecular formula is C16H28N2O. The van der Waals surface area contributed by atoms with Crippen molar-refractivity contribution in [3.8, 4) is 5.75 Å². The van der Waals surface area contributed by atoms with E-state index in [1.807, 2.05) is 0 Å². The highest BCUT2D eigenvalue weighted by molar-refractivity contribution is 5.41. The van der Waals surface area contributed by atoms with Gasteiger partial charge < -0.3 is 15.4 Å². The van der Waals surface area contributed by atoms with Crippen molar-refractivity contribution in [3.63, 3.8) is 0 Å². The molecule has 0 aliphatic rings. The minimum absolute atomic E-state index is 0.546. The Labute approximate surface area is 117 Å². The van der Waals surface area contributed by atoms with Crippen molar-refractivity contribution in [2.24, 2.45) is 5.73 Å². The van der Waals surface area contributed by atoms with E-state index >= 15 is 0 Å². The van der Waals surface area contributed by atoms with Crippen LogP contribution in [0, 0.1) is 13.8 Å². The van der Waals surface area contributed by atoms with Crippen LogP contribution >= 0.6 is 0 Å². The molecule has 3 heteroatoms. The molecule has 0 saturated heterocycles. The summed E-state index contributed by atoms with van der Waals surface area (Å²) in [7, 11) is 3.90. The zero-order valence-corrected chi connectivity index (χ0v) is 13.0. The van der Waals surface area contributed by atoms with Crippen molar-refractivity contribution in [1.82, 2.24) is 4.90 Å². The summed E-state index contributed by atoms with van der Waals surface area (Å²) in [5.74, 6) is 0.978. The number of benzene rings is 1. The summed E-state index contributed by atoms with van der Waals surface area (Å²) in [5.41, 5.74) is 9.53. The van der Waals surface area contributed by atoms with Gasteiger partial charge in [0.1, 0.15) is 5.75 Å². The molecule has 0 saturated carbocycles. The summed E-state index contributed by atoms with van der Waals surface area (Å²) in [6.45, 7) is 8.31. The summed E-state index contributed by atoms with van der Waals surface area (Å²) >= 11 is 0. The average molecular weight is 264 g/mol. The number of likely N-dealkylation sites (N-methyl/N-ethyl adjacent to an activating group) is 1. The number of ether oxygens (including phenoxy) is 1. The van der Waals surface area contributed by atoms with Gasteiger partial charge in [0.2, 0.25) is 0 Å². The molecular weight excluding hydrogens is 236 g/mol. The lowest BCUT2D eigenvalue weighted by Crippen LogP contribution is -2.32. The number of methoxy groups -OCH3 is 1. The van der Waals surface area contributed by atoms with Crippen LogP contribution < -0.4 is 10.5 Å². The largest absolute Gasteiger partial charge is 0.496 e. The number of aryl methyl sites for hydroxylation is 2. The van der Waals surface area contributed by atoms with E-state index in [0.29, 0.717) is 6.04 Å². The number of nitrogens with zero attached hydrogens (tertiary/aromatic N) is 1. The van der Waals surface area contributed by atoms with Crippen LogP contribution in [0.2, 0.25) is 0 Å². The quantitative estimate of drug-likeness (QED) is 0.822. The lowest BCUT2D eigenvalue weighted by Gasteiger charge is -2.24. The molecule has 0 amide bonds. The minimum Gasteiger partial charge on any atom is -0.496 e. The maximum Gasteiger partial charge on any atom is 0.122 e. The normalized spacial score (nSPS) is 12.8. The fraction of sp³-hybridized carbons (Fsp3) is 0.625. The van der Waals surface area contributed by atoms with Crippen molar-refractivity contribution in [2.45, 2.75) is 39.7 Å². The highest BCUT2D eigenvalue weighted by Gasteiger charge is 2.10. The molecule has 0 aromatic heterocycles. The molecule has 1 atom stereocenters. The van der Waals surface area contributed by atoms with E-state index in [9.17, 15) is 0 Å². The van der Waals surface area contributed by atoms with Crippen LogP contribution in [0.3, 0.4) is 0 Å². The Morgan fingerprint density at radius 2 is 1.95 bits per heavy atom. The third kappa shape index (κ3) is 4.51. The predicted octanol–water partition coefficient (Wildman–Crippen LogP) is 2.52. The predicted molar refractivity (Wildman–Crippen MR) is 81.9 cm³/mol. The Morgan fingerprint density at radius 1 is 1.26 bits per heavy atom. The van der Waals surface area contributed by atoms with Gasteiger partial charge in [-0.1, -0.05) is 6.07 Å². The van der Waals surface area contributed by atoms with Gasteiger partial charge >= 0.3 is 0 Å². The topological polar surface area (TPSA) is 38.5 Å². The van der Waals surface area contributed by atoms with Crippen molar-refractivity contribution in [3.05, 3.63) is 28.8 Å². The molecule has 1 aromatic rings. The number of hydrogen-bond acceptors (Lipinski definition) is 3. The first-order valence-corrected chi connectivity index (χ1v) is 7.04. The van der Waals surface area contributed by atoms with Gasteiger partial charge in [-0.2, -0.15) is 0 Å². The molecule has 2 N–H and O–H groups in total. The van der Waals surface area contributed by atoms with Crippen LogP contribution in [0.4, 0.5) is 0 Å². The van der Waals surface area contributed by atoms with Crippen molar-refractivity contribution in [1.29, 1.82) is 0 Å².